The second-order valence-electron chi connectivity index (χ2n) is 6.70. The Labute approximate surface area is 184 Å². The summed E-state index contributed by atoms with van der Waals surface area (Å²) in [6, 6.07) is 11.3. The van der Waals surface area contributed by atoms with E-state index in [0.29, 0.717) is 16.8 Å². The Bertz CT molecular complexity index is 845. The molecule has 0 radical (unpaired) electrons. The number of unbranched alkanes of at least 4 members (excludes halogenated alkanes) is 1. The number of esters is 1. The Balaban J connectivity index is 2.08. The molecule has 2 aromatic carbocycles. The van der Waals surface area contributed by atoms with E-state index in [0.717, 1.165) is 24.9 Å². The minimum absolute atomic E-state index is 0.0337. The van der Waals surface area contributed by atoms with Crippen LogP contribution < -0.4 is 15.4 Å². The molecule has 2 rings (SSSR count). The van der Waals surface area contributed by atoms with E-state index in [9.17, 15) is 14.7 Å². The number of phenols is 1. The van der Waals surface area contributed by atoms with Crippen LogP contribution in [0.4, 0.5) is 0 Å². The number of rotatable bonds is 11. The molecule has 1 atom stereocenters. The number of halogens is 1. The highest BCUT2D eigenvalue weighted by Gasteiger charge is 2.24. The summed E-state index contributed by atoms with van der Waals surface area (Å²) in [5, 5.41) is 16.0. The molecule has 30 heavy (non-hydrogen) atoms. The number of methoxy groups -OCH3 is 1. The van der Waals surface area contributed by atoms with Gasteiger partial charge in [0.2, 0.25) is 0 Å². The number of aromatic hydroxyl groups is 1. The summed E-state index contributed by atoms with van der Waals surface area (Å²) in [6.07, 6.45) is 2.10. The summed E-state index contributed by atoms with van der Waals surface area (Å²) in [7, 11) is 3.16. The van der Waals surface area contributed by atoms with Crippen LogP contribution in [0.5, 0.6) is 11.5 Å². The molecule has 0 saturated carbocycles. The second-order valence-corrected chi connectivity index (χ2v) is 7.55. The third kappa shape index (κ3) is 7.03. The van der Waals surface area contributed by atoms with Crippen LogP contribution in [0, 0.1) is 0 Å². The van der Waals surface area contributed by atoms with Gasteiger partial charge in [-0.15, -0.1) is 0 Å². The zero-order valence-electron chi connectivity index (χ0n) is 17.1. The van der Waals surface area contributed by atoms with Gasteiger partial charge in [0.05, 0.1) is 23.8 Å². The van der Waals surface area contributed by atoms with Crippen molar-refractivity contribution in [3.63, 3.8) is 0 Å². The third-order valence-corrected chi connectivity index (χ3v) is 5.07. The molecule has 3 N–H and O–H groups in total. The maximum absolute atomic E-state index is 12.7. The molecule has 0 aliphatic carbocycles. The first kappa shape index (κ1) is 23.7. The Kier molecular flexibility index (Phi) is 9.63. The van der Waals surface area contributed by atoms with Crippen molar-refractivity contribution in [3.05, 3.63) is 58.1 Å². The van der Waals surface area contributed by atoms with Crippen molar-refractivity contribution in [2.45, 2.75) is 25.3 Å². The standard InChI is InChI=1S/C22H27BrN2O5/c1-24-10-6-7-11-30-20-14-19(26)16(13-17(20)23)21(27)25-18(22(28)29-2)12-15-8-4-3-5-9-15/h3-5,8-9,13-14,18,24,26H,6-7,10-12H2,1-2H3,(H,25,27)/t18-/m0/s1. The first-order valence-corrected chi connectivity index (χ1v) is 10.5. The number of carbonyl (C=O) groups excluding carboxylic acids is 2. The van der Waals surface area contributed by atoms with Gasteiger partial charge >= 0.3 is 5.97 Å². The SMILES string of the molecule is CNCCCCOc1cc(O)c(C(=O)N[C@@H](Cc2ccccc2)C(=O)OC)cc1Br. The predicted octanol–water partition coefficient (Wildman–Crippen LogP) is 3.05. The fourth-order valence-corrected chi connectivity index (χ4v) is 3.30. The van der Waals surface area contributed by atoms with Crippen LogP contribution in [0.25, 0.3) is 0 Å². The highest BCUT2D eigenvalue weighted by atomic mass is 79.9. The highest BCUT2D eigenvalue weighted by molar-refractivity contribution is 9.10. The Morgan fingerprint density at radius 3 is 2.57 bits per heavy atom. The molecule has 2 aromatic rings. The molecular formula is C22H27BrN2O5. The normalized spacial score (nSPS) is 11.6. The summed E-state index contributed by atoms with van der Waals surface area (Å²) in [6.45, 7) is 1.39. The van der Waals surface area contributed by atoms with Gasteiger partial charge in [-0.25, -0.2) is 4.79 Å². The van der Waals surface area contributed by atoms with Crippen LogP contribution in [0.3, 0.4) is 0 Å². The topological polar surface area (TPSA) is 96.9 Å². The zero-order valence-corrected chi connectivity index (χ0v) is 18.7. The van der Waals surface area contributed by atoms with E-state index in [2.05, 4.69) is 26.6 Å². The molecule has 0 spiro atoms. The van der Waals surface area contributed by atoms with Crippen molar-refractivity contribution >= 4 is 27.8 Å². The van der Waals surface area contributed by atoms with Gasteiger partial charge in [-0.3, -0.25) is 4.79 Å². The van der Waals surface area contributed by atoms with Crippen LogP contribution in [0.1, 0.15) is 28.8 Å². The van der Waals surface area contributed by atoms with E-state index in [1.54, 1.807) is 0 Å². The van der Waals surface area contributed by atoms with E-state index >= 15 is 0 Å². The first-order valence-electron chi connectivity index (χ1n) is 9.68. The van der Waals surface area contributed by atoms with Crippen molar-refractivity contribution in [3.8, 4) is 11.5 Å². The maximum atomic E-state index is 12.7. The number of carbonyl (C=O) groups is 2. The van der Waals surface area contributed by atoms with Gasteiger partial charge in [0.15, 0.2) is 0 Å². The van der Waals surface area contributed by atoms with Gasteiger partial charge in [0.1, 0.15) is 17.5 Å². The molecule has 0 bridgehead atoms. The van der Waals surface area contributed by atoms with Gasteiger partial charge in [0.25, 0.3) is 5.91 Å². The molecule has 0 aliphatic heterocycles. The van der Waals surface area contributed by atoms with E-state index in [-0.39, 0.29) is 17.7 Å². The molecule has 0 heterocycles. The molecule has 0 fully saturated rings. The van der Waals surface area contributed by atoms with E-state index in [4.69, 9.17) is 9.47 Å². The van der Waals surface area contributed by atoms with Crippen LogP contribution in [0.15, 0.2) is 46.9 Å². The number of hydrogen-bond donors (Lipinski definition) is 3. The number of hydrogen-bond acceptors (Lipinski definition) is 6. The Morgan fingerprint density at radius 1 is 1.17 bits per heavy atom. The Morgan fingerprint density at radius 2 is 1.90 bits per heavy atom. The van der Waals surface area contributed by atoms with Gasteiger partial charge < -0.3 is 25.2 Å². The van der Waals surface area contributed by atoms with E-state index < -0.39 is 17.9 Å². The quantitative estimate of drug-likeness (QED) is 0.339. The minimum Gasteiger partial charge on any atom is -0.507 e. The van der Waals surface area contributed by atoms with Gasteiger partial charge in [-0.1, -0.05) is 30.3 Å². The molecule has 1 amide bonds. The molecule has 8 heteroatoms. The van der Waals surface area contributed by atoms with Crippen LogP contribution in [-0.2, 0) is 16.0 Å². The molecule has 162 valence electrons. The van der Waals surface area contributed by atoms with Crippen LogP contribution >= 0.6 is 15.9 Å². The monoisotopic (exact) mass is 478 g/mol. The van der Waals surface area contributed by atoms with Gasteiger partial charge in [-0.2, -0.15) is 0 Å². The summed E-state index contributed by atoms with van der Waals surface area (Å²) in [5.41, 5.74) is 0.909. The lowest BCUT2D eigenvalue weighted by atomic mass is 10.1. The van der Waals surface area contributed by atoms with Crippen LogP contribution in [0.2, 0.25) is 0 Å². The fraction of sp³-hybridized carbons (Fsp3) is 0.364. The molecule has 0 saturated heterocycles. The number of amides is 1. The molecule has 7 nitrogen and oxygen atoms in total. The zero-order chi connectivity index (χ0) is 21.9. The van der Waals surface area contributed by atoms with Crippen molar-refractivity contribution in [1.29, 1.82) is 0 Å². The molecule has 0 aliphatic rings. The first-order chi connectivity index (χ1) is 14.5. The van der Waals surface area contributed by atoms with Gasteiger partial charge in [0, 0.05) is 12.5 Å². The lowest BCUT2D eigenvalue weighted by Crippen LogP contribution is -2.43. The van der Waals surface area contributed by atoms with Crippen LogP contribution in [-0.4, -0.2) is 50.3 Å². The number of nitrogens with one attached hydrogen (secondary N) is 2. The lowest BCUT2D eigenvalue weighted by molar-refractivity contribution is -0.142. The summed E-state index contributed by atoms with van der Waals surface area (Å²) < 4.78 is 11.0. The second kappa shape index (κ2) is 12.2. The molecular weight excluding hydrogens is 452 g/mol. The van der Waals surface area contributed by atoms with Crippen molar-refractivity contribution in [2.75, 3.05) is 27.3 Å². The predicted molar refractivity (Wildman–Crippen MR) is 118 cm³/mol. The van der Waals surface area contributed by atoms with Crippen molar-refractivity contribution in [1.82, 2.24) is 10.6 Å². The third-order valence-electron chi connectivity index (χ3n) is 4.45. The van der Waals surface area contributed by atoms with E-state index in [1.807, 2.05) is 37.4 Å². The van der Waals surface area contributed by atoms with Crippen molar-refractivity contribution < 1.29 is 24.2 Å². The summed E-state index contributed by atoms with van der Waals surface area (Å²) in [5.74, 6) is -0.932. The average molecular weight is 479 g/mol. The minimum atomic E-state index is -0.883. The number of phenolic OH excluding ortho intramolecular Hbond substituents is 1. The molecule has 0 aromatic heterocycles. The smallest absolute Gasteiger partial charge is 0.328 e. The lowest BCUT2D eigenvalue weighted by Gasteiger charge is -2.18. The number of ether oxygens (including phenoxy) is 2. The average Bonchev–Trinajstić information content (AvgIpc) is 2.75. The van der Waals surface area contributed by atoms with Gasteiger partial charge in [-0.05, 0) is 54.0 Å². The van der Waals surface area contributed by atoms with E-state index in [1.165, 1.54) is 19.2 Å². The summed E-state index contributed by atoms with van der Waals surface area (Å²) in [4.78, 5) is 24.9. The summed E-state index contributed by atoms with van der Waals surface area (Å²) >= 11 is 3.37. The maximum Gasteiger partial charge on any atom is 0.328 e. The molecule has 0 unspecified atom stereocenters. The number of benzene rings is 2. The van der Waals surface area contributed by atoms with Crippen molar-refractivity contribution in [2.24, 2.45) is 0 Å². The highest BCUT2D eigenvalue weighted by Crippen LogP contribution is 2.32. The fourth-order valence-electron chi connectivity index (χ4n) is 2.84. The largest absolute Gasteiger partial charge is 0.507 e. The Hall–Kier alpha value is -2.58.